The van der Waals surface area contributed by atoms with Gasteiger partial charge in [-0.1, -0.05) is 41.9 Å². The second-order valence-electron chi connectivity index (χ2n) is 5.68. The molecule has 26 heavy (non-hydrogen) atoms. The Balaban J connectivity index is 1.84. The molecule has 0 amide bonds. The molecule has 0 aliphatic carbocycles. The molecule has 0 unspecified atom stereocenters. The number of halogens is 3. The first kappa shape index (κ1) is 18.1. The summed E-state index contributed by atoms with van der Waals surface area (Å²) in [6, 6.07) is 12.6. The average Bonchev–Trinajstić information content (AvgIpc) is 2.63. The summed E-state index contributed by atoms with van der Waals surface area (Å²) in [6.45, 7) is 1.76. The highest BCUT2D eigenvalue weighted by molar-refractivity contribution is 6.31. The van der Waals surface area contributed by atoms with Gasteiger partial charge in [0, 0.05) is 11.6 Å². The quantitative estimate of drug-likeness (QED) is 0.673. The molecule has 1 aromatic heterocycles. The standard InChI is InChI=1S/C19H15ClF2N2O2/c1-12-23-18(26-11-14-7-8-15(21)9-16(14)22)17(20)19(25)24(12)10-13-5-3-2-4-6-13/h2-9H,10-11H2,1H3. The average molecular weight is 377 g/mol. The number of ether oxygens (including phenoxy) is 1. The van der Waals surface area contributed by atoms with Gasteiger partial charge in [-0.05, 0) is 24.6 Å². The van der Waals surface area contributed by atoms with Gasteiger partial charge in [-0.3, -0.25) is 9.36 Å². The number of hydrogen-bond donors (Lipinski definition) is 0. The lowest BCUT2D eigenvalue weighted by Crippen LogP contribution is -2.25. The molecule has 0 aliphatic heterocycles. The van der Waals surface area contributed by atoms with E-state index < -0.39 is 17.2 Å². The summed E-state index contributed by atoms with van der Waals surface area (Å²) in [4.78, 5) is 16.7. The Morgan fingerprint density at radius 2 is 1.88 bits per heavy atom. The first-order valence-corrected chi connectivity index (χ1v) is 8.21. The molecule has 0 fully saturated rings. The molecule has 0 aliphatic rings. The first-order chi connectivity index (χ1) is 12.5. The maximum Gasteiger partial charge on any atom is 0.276 e. The SMILES string of the molecule is Cc1nc(OCc2ccc(F)cc2F)c(Cl)c(=O)n1Cc1ccccc1. The van der Waals surface area contributed by atoms with Gasteiger partial charge < -0.3 is 4.74 Å². The van der Waals surface area contributed by atoms with E-state index in [1.807, 2.05) is 30.3 Å². The van der Waals surface area contributed by atoms with Crippen molar-refractivity contribution in [1.82, 2.24) is 9.55 Å². The van der Waals surface area contributed by atoms with Crippen LogP contribution >= 0.6 is 11.6 Å². The third-order valence-corrected chi connectivity index (χ3v) is 4.16. The topological polar surface area (TPSA) is 44.1 Å². The summed E-state index contributed by atoms with van der Waals surface area (Å²) in [5.74, 6) is -1.09. The predicted octanol–water partition coefficient (Wildman–Crippen LogP) is 4.11. The van der Waals surface area contributed by atoms with Gasteiger partial charge >= 0.3 is 0 Å². The minimum atomic E-state index is -0.740. The third kappa shape index (κ3) is 3.91. The normalized spacial score (nSPS) is 10.8. The fourth-order valence-corrected chi connectivity index (χ4v) is 2.64. The van der Waals surface area contributed by atoms with Crippen LogP contribution in [0.4, 0.5) is 8.78 Å². The van der Waals surface area contributed by atoms with E-state index in [9.17, 15) is 13.6 Å². The van der Waals surface area contributed by atoms with Gasteiger partial charge in [-0.2, -0.15) is 4.98 Å². The molecular weight excluding hydrogens is 362 g/mol. The summed E-state index contributed by atoms with van der Waals surface area (Å²) in [7, 11) is 0. The van der Waals surface area contributed by atoms with Gasteiger partial charge in [0.25, 0.3) is 5.56 Å². The Hall–Kier alpha value is -2.73. The fourth-order valence-electron chi connectivity index (χ4n) is 2.45. The van der Waals surface area contributed by atoms with E-state index in [1.54, 1.807) is 6.92 Å². The van der Waals surface area contributed by atoms with Gasteiger partial charge in [-0.15, -0.1) is 0 Å². The fraction of sp³-hybridized carbons (Fsp3) is 0.158. The number of rotatable bonds is 5. The Morgan fingerprint density at radius 1 is 1.15 bits per heavy atom. The number of hydrogen-bond acceptors (Lipinski definition) is 3. The summed E-state index contributed by atoms with van der Waals surface area (Å²) in [5, 5.41) is -0.186. The molecular formula is C19H15ClF2N2O2. The Bertz CT molecular complexity index is 991. The van der Waals surface area contributed by atoms with Gasteiger partial charge in [-0.25, -0.2) is 8.78 Å². The molecule has 4 nitrogen and oxygen atoms in total. The number of aryl methyl sites for hydroxylation is 1. The monoisotopic (exact) mass is 376 g/mol. The van der Waals surface area contributed by atoms with Crippen molar-refractivity contribution in [3.05, 3.63) is 92.5 Å². The lowest BCUT2D eigenvalue weighted by Gasteiger charge is -2.13. The van der Waals surface area contributed by atoms with Crippen LogP contribution in [0.3, 0.4) is 0 Å². The van der Waals surface area contributed by atoms with Crippen molar-refractivity contribution in [1.29, 1.82) is 0 Å². The number of benzene rings is 2. The Kier molecular flexibility index (Phi) is 5.32. The van der Waals surface area contributed by atoms with E-state index in [1.165, 1.54) is 10.6 Å². The summed E-state index contributed by atoms with van der Waals surface area (Å²) in [6.07, 6.45) is 0. The smallest absolute Gasteiger partial charge is 0.276 e. The van der Waals surface area contributed by atoms with Crippen molar-refractivity contribution in [2.75, 3.05) is 0 Å². The predicted molar refractivity (Wildman–Crippen MR) is 94.5 cm³/mol. The molecule has 134 valence electrons. The maximum absolute atomic E-state index is 13.7. The van der Waals surface area contributed by atoms with E-state index in [0.717, 1.165) is 17.7 Å². The molecule has 7 heteroatoms. The van der Waals surface area contributed by atoms with Crippen molar-refractivity contribution in [3.8, 4) is 5.88 Å². The van der Waals surface area contributed by atoms with Crippen LogP contribution in [0.25, 0.3) is 0 Å². The molecule has 0 spiro atoms. The summed E-state index contributed by atoms with van der Waals surface area (Å²) < 4.78 is 33.5. The minimum Gasteiger partial charge on any atom is -0.471 e. The largest absolute Gasteiger partial charge is 0.471 e. The molecule has 0 N–H and O–H groups in total. The molecule has 0 atom stereocenters. The molecule has 1 heterocycles. The highest BCUT2D eigenvalue weighted by Gasteiger charge is 2.15. The van der Waals surface area contributed by atoms with Gasteiger partial charge in [0.15, 0.2) is 5.02 Å². The second-order valence-corrected chi connectivity index (χ2v) is 6.06. The Morgan fingerprint density at radius 3 is 2.58 bits per heavy atom. The van der Waals surface area contributed by atoms with Crippen LogP contribution < -0.4 is 10.3 Å². The lowest BCUT2D eigenvalue weighted by atomic mass is 10.2. The number of aromatic nitrogens is 2. The van der Waals surface area contributed by atoms with Crippen LogP contribution in [0.1, 0.15) is 17.0 Å². The van der Waals surface area contributed by atoms with Crippen LogP contribution in [0.2, 0.25) is 5.02 Å². The molecule has 3 rings (SSSR count). The van der Waals surface area contributed by atoms with E-state index in [4.69, 9.17) is 16.3 Å². The lowest BCUT2D eigenvalue weighted by molar-refractivity contribution is 0.285. The van der Waals surface area contributed by atoms with E-state index >= 15 is 0 Å². The first-order valence-electron chi connectivity index (χ1n) is 7.83. The molecule has 0 bridgehead atoms. The van der Waals surface area contributed by atoms with Crippen LogP contribution in [0.5, 0.6) is 5.88 Å². The van der Waals surface area contributed by atoms with Gasteiger partial charge in [0.2, 0.25) is 5.88 Å². The zero-order valence-electron chi connectivity index (χ0n) is 13.9. The van der Waals surface area contributed by atoms with Crippen molar-refractivity contribution < 1.29 is 13.5 Å². The zero-order chi connectivity index (χ0) is 18.7. The van der Waals surface area contributed by atoms with Gasteiger partial charge in [0.1, 0.15) is 24.1 Å². The van der Waals surface area contributed by atoms with Crippen molar-refractivity contribution in [2.24, 2.45) is 0 Å². The third-order valence-electron chi connectivity index (χ3n) is 3.84. The van der Waals surface area contributed by atoms with Crippen molar-refractivity contribution in [2.45, 2.75) is 20.1 Å². The van der Waals surface area contributed by atoms with Crippen LogP contribution in [0.15, 0.2) is 53.3 Å². The van der Waals surface area contributed by atoms with E-state index in [0.29, 0.717) is 12.4 Å². The summed E-state index contributed by atoms with van der Waals surface area (Å²) in [5.41, 5.74) is 0.616. The number of nitrogens with zero attached hydrogens (tertiary/aromatic N) is 2. The van der Waals surface area contributed by atoms with E-state index in [2.05, 4.69) is 4.98 Å². The second kappa shape index (κ2) is 7.66. The molecule has 0 saturated carbocycles. The van der Waals surface area contributed by atoms with Crippen LogP contribution in [-0.4, -0.2) is 9.55 Å². The van der Waals surface area contributed by atoms with Gasteiger partial charge in [0.05, 0.1) is 6.54 Å². The van der Waals surface area contributed by atoms with Crippen molar-refractivity contribution >= 4 is 11.6 Å². The van der Waals surface area contributed by atoms with Crippen molar-refractivity contribution in [3.63, 3.8) is 0 Å². The molecule has 0 saturated heterocycles. The molecule has 2 aromatic carbocycles. The molecule has 3 aromatic rings. The Labute approximate surface area is 153 Å². The van der Waals surface area contributed by atoms with Crippen LogP contribution in [0, 0.1) is 18.6 Å². The minimum absolute atomic E-state index is 0.0813. The highest BCUT2D eigenvalue weighted by Crippen LogP contribution is 2.20. The molecule has 0 radical (unpaired) electrons. The maximum atomic E-state index is 13.7. The van der Waals surface area contributed by atoms with E-state index in [-0.39, 0.29) is 23.1 Å². The highest BCUT2D eigenvalue weighted by atomic mass is 35.5. The zero-order valence-corrected chi connectivity index (χ0v) is 14.6. The summed E-state index contributed by atoms with van der Waals surface area (Å²) >= 11 is 6.09. The van der Waals surface area contributed by atoms with Crippen LogP contribution in [-0.2, 0) is 13.2 Å².